The quantitative estimate of drug-likeness (QED) is 0.377. The van der Waals surface area contributed by atoms with E-state index in [2.05, 4.69) is 0 Å². The maximum atomic E-state index is 13.8. The largest absolute Gasteiger partial charge is 0.487 e. The molecule has 0 radical (unpaired) electrons. The van der Waals surface area contributed by atoms with Gasteiger partial charge >= 0.3 is 5.97 Å². The van der Waals surface area contributed by atoms with Gasteiger partial charge in [-0.25, -0.2) is 4.39 Å². The molecule has 0 aromatic heterocycles. The number of hydrogen-bond acceptors (Lipinski definition) is 5. The fourth-order valence-corrected chi connectivity index (χ4v) is 5.36. The molecule has 1 unspecified atom stereocenters. The van der Waals surface area contributed by atoms with Crippen molar-refractivity contribution in [3.05, 3.63) is 41.2 Å². The molecule has 1 saturated carbocycles. The second-order valence-electron chi connectivity index (χ2n) is 9.60. The maximum absolute atomic E-state index is 13.8. The Morgan fingerprint density at radius 3 is 2.88 bits per heavy atom. The van der Waals surface area contributed by atoms with Gasteiger partial charge in [0.05, 0.1) is 18.1 Å². The highest BCUT2D eigenvalue weighted by Gasteiger charge is 2.43. The average Bonchev–Trinajstić information content (AvgIpc) is 2.96. The Bertz CT molecular complexity index is 834. The molecule has 6 nitrogen and oxygen atoms in total. The summed E-state index contributed by atoms with van der Waals surface area (Å²) < 4.78 is 25.3. The second-order valence-corrected chi connectivity index (χ2v) is 10.0. The second kappa shape index (κ2) is 12.9. The molecule has 1 aliphatic heterocycles. The Balaban J connectivity index is 1.51. The van der Waals surface area contributed by atoms with E-state index in [1.807, 2.05) is 13.0 Å². The molecular formula is C26H36ClFO6. The molecule has 1 aromatic rings. The van der Waals surface area contributed by atoms with Gasteiger partial charge in [-0.05, 0) is 56.1 Å². The van der Waals surface area contributed by atoms with Gasteiger partial charge in [0.25, 0.3) is 0 Å². The van der Waals surface area contributed by atoms with E-state index in [-0.39, 0.29) is 36.2 Å². The molecule has 190 valence electrons. The van der Waals surface area contributed by atoms with Crippen molar-refractivity contribution in [2.45, 2.75) is 70.2 Å². The van der Waals surface area contributed by atoms with Crippen LogP contribution in [0.4, 0.5) is 4.39 Å². The van der Waals surface area contributed by atoms with Gasteiger partial charge in [0, 0.05) is 30.0 Å². The SMILES string of the molecule is CCCC(CC[C@@H]1CC[C@@H]2[C@@H](C=C[C@@H](O)COc3cc(Cl)ccc3F)[C@H](O)C[C@@H]2OC1)C(=O)O. The fourth-order valence-electron chi connectivity index (χ4n) is 5.19. The number of benzene rings is 1. The molecule has 0 bridgehead atoms. The zero-order valence-electron chi connectivity index (χ0n) is 19.6. The van der Waals surface area contributed by atoms with Crippen molar-refractivity contribution in [1.29, 1.82) is 0 Å². The molecule has 3 rings (SSSR count). The molecule has 1 heterocycles. The number of aliphatic hydroxyl groups excluding tert-OH is 2. The van der Waals surface area contributed by atoms with Crippen molar-refractivity contribution in [2.24, 2.45) is 23.7 Å². The lowest BCUT2D eigenvalue weighted by Gasteiger charge is -2.21. The highest BCUT2D eigenvalue weighted by Crippen LogP contribution is 2.42. The first kappa shape index (κ1) is 26.9. The van der Waals surface area contributed by atoms with Gasteiger partial charge in [-0.2, -0.15) is 0 Å². The molecule has 1 saturated heterocycles. The highest BCUT2D eigenvalue weighted by molar-refractivity contribution is 6.30. The average molecular weight is 499 g/mol. The highest BCUT2D eigenvalue weighted by atomic mass is 35.5. The summed E-state index contributed by atoms with van der Waals surface area (Å²) in [5.74, 6) is -1.28. The van der Waals surface area contributed by atoms with E-state index in [0.717, 1.165) is 25.7 Å². The van der Waals surface area contributed by atoms with Crippen LogP contribution in [0.5, 0.6) is 5.75 Å². The number of carbonyl (C=O) groups is 1. The third-order valence-corrected chi connectivity index (χ3v) is 7.35. The van der Waals surface area contributed by atoms with Crippen LogP contribution in [0.25, 0.3) is 0 Å². The zero-order valence-corrected chi connectivity index (χ0v) is 20.4. The van der Waals surface area contributed by atoms with Crippen molar-refractivity contribution < 1.29 is 34.0 Å². The van der Waals surface area contributed by atoms with Crippen molar-refractivity contribution in [2.75, 3.05) is 13.2 Å². The summed E-state index contributed by atoms with van der Waals surface area (Å²) in [5, 5.41) is 30.6. The van der Waals surface area contributed by atoms with Gasteiger partial charge in [0.1, 0.15) is 12.7 Å². The molecule has 7 atom stereocenters. The number of aliphatic hydroxyl groups is 2. The Morgan fingerprint density at radius 2 is 2.15 bits per heavy atom. The molecule has 1 aliphatic carbocycles. The number of rotatable bonds is 11. The lowest BCUT2D eigenvalue weighted by atomic mass is 9.85. The van der Waals surface area contributed by atoms with Crippen LogP contribution in [-0.4, -0.2) is 52.8 Å². The molecule has 2 aliphatic rings. The lowest BCUT2D eigenvalue weighted by molar-refractivity contribution is -0.142. The molecule has 3 N–H and O–H groups in total. The molecule has 0 amide bonds. The summed E-state index contributed by atoms with van der Waals surface area (Å²) in [6, 6.07) is 3.99. The molecule has 34 heavy (non-hydrogen) atoms. The van der Waals surface area contributed by atoms with Crippen molar-refractivity contribution in [3.8, 4) is 5.75 Å². The van der Waals surface area contributed by atoms with E-state index in [4.69, 9.17) is 21.1 Å². The summed E-state index contributed by atoms with van der Waals surface area (Å²) in [6.45, 7) is 2.46. The van der Waals surface area contributed by atoms with E-state index >= 15 is 0 Å². The first-order chi connectivity index (χ1) is 16.3. The summed E-state index contributed by atoms with van der Waals surface area (Å²) >= 11 is 5.86. The van der Waals surface area contributed by atoms with Crippen molar-refractivity contribution >= 4 is 17.6 Å². The Morgan fingerprint density at radius 1 is 1.35 bits per heavy atom. The van der Waals surface area contributed by atoms with E-state index in [1.54, 1.807) is 6.08 Å². The van der Waals surface area contributed by atoms with Crippen LogP contribution in [0.15, 0.2) is 30.4 Å². The monoisotopic (exact) mass is 498 g/mol. The molecule has 1 aromatic carbocycles. The molecular weight excluding hydrogens is 463 g/mol. The zero-order chi connectivity index (χ0) is 24.7. The Kier molecular flexibility index (Phi) is 10.2. The number of fused-ring (bicyclic) bond motifs is 1. The standard InChI is InChI=1S/C26H36ClFO6/c1-2-3-17(26(31)32)6-4-16-5-9-21-20(23(30)13-24(21)33-14-16)10-8-19(29)15-34-25-12-18(27)7-11-22(25)28/h7-8,10-12,16-17,19-21,23-24,29-30H,2-6,9,13-15H2,1H3,(H,31,32)/t16-,17?,19-,20-,21-,23-,24+/m1/s1. The molecule has 0 spiro atoms. The van der Waals surface area contributed by atoms with Crippen LogP contribution >= 0.6 is 11.6 Å². The van der Waals surface area contributed by atoms with Gasteiger partial charge < -0.3 is 24.8 Å². The number of carboxylic acid groups (broad SMARTS) is 1. The van der Waals surface area contributed by atoms with Gasteiger partial charge in [0.2, 0.25) is 0 Å². The number of carboxylic acids is 1. The predicted molar refractivity (Wildman–Crippen MR) is 127 cm³/mol. The van der Waals surface area contributed by atoms with Crippen LogP contribution in [-0.2, 0) is 9.53 Å². The fraction of sp³-hybridized carbons (Fsp3) is 0.654. The van der Waals surface area contributed by atoms with E-state index in [1.165, 1.54) is 18.2 Å². The minimum Gasteiger partial charge on any atom is -0.487 e. The van der Waals surface area contributed by atoms with E-state index < -0.39 is 24.0 Å². The van der Waals surface area contributed by atoms with Crippen molar-refractivity contribution in [3.63, 3.8) is 0 Å². The number of halogens is 2. The summed E-state index contributed by atoms with van der Waals surface area (Å²) in [4.78, 5) is 11.4. The number of hydrogen-bond donors (Lipinski definition) is 3. The van der Waals surface area contributed by atoms with Crippen LogP contribution < -0.4 is 4.74 Å². The number of aliphatic carboxylic acids is 1. The Hall–Kier alpha value is -1.67. The van der Waals surface area contributed by atoms with Crippen LogP contribution in [0.2, 0.25) is 5.02 Å². The predicted octanol–water partition coefficient (Wildman–Crippen LogP) is 4.85. The maximum Gasteiger partial charge on any atom is 0.306 e. The third-order valence-electron chi connectivity index (χ3n) is 7.11. The topological polar surface area (TPSA) is 96.2 Å². The van der Waals surface area contributed by atoms with Gasteiger partial charge in [-0.3, -0.25) is 4.79 Å². The van der Waals surface area contributed by atoms with Crippen LogP contribution in [0.1, 0.15) is 51.9 Å². The van der Waals surface area contributed by atoms with E-state index in [9.17, 15) is 24.5 Å². The molecule has 2 fully saturated rings. The first-order valence-corrected chi connectivity index (χ1v) is 12.6. The van der Waals surface area contributed by atoms with Gasteiger partial charge in [-0.15, -0.1) is 0 Å². The van der Waals surface area contributed by atoms with Gasteiger partial charge in [0.15, 0.2) is 11.6 Å². The minimum absolute atomic E-state index is 0.0202. The molecule has 8 heteroatoms. The van der Waals surface area contributed by atoms with Crippen LogP contribution in [0, 0.1) is 29.5 Å². The lowest BCUT2D eigenvalue weighted by Crippen LogP contribution is -2.22. The first-order valence-electron chi connectivity index (χ1n) is 12.2. The normalized spacial score (nSPS) is 28.9. The van der Waals surface area contributed by atoms with E-state index in [0.29, 0.717) is 36.8 Å². The number of ether oxygens (including phenoxy) is 2. The summed E-state index contributed by atoms with van der Waals surface area (Å²) in [6.07, 6.45) is 7.25. The minimum atomic E-state index is -0.962. The van der Waals surface area contributed by atoms with Gasteiger partial charge in [-0.1, -0.05) is 37.1 Å². The smallest absolute Gasteiger partial charge is 0.306 e. The Labute approximate surface area is 205 Å². The summed E-state index contributed by atoms with van der Waals surface area (Å²) in [7, 11) is 0. The van der Waals surface area contributed by atoms with Crippen molar-refractivity contribution in [1.82, 2.24) is 0 Å². The van der Waals surface area contributed by atoms with Crippen LogP contribution in [0.3, 0.4) is 0 Å². The summed E-state index contributed by atoms with van der Waals surface area (Å²) in [5.41, 5.74) is 0. The third kappa shape index (κ3) is 7.41.